The summed E-state index contributed by atoms with van der Waals surface area (Å²) in [6.45, 7) is 0. The first kappa shape index (κ1) is 24.6. The first-order valence-corrected chi connectivity index (χ1v) is 15.4. The number of hydrogen-bond acceptors (Lipinski definition) is 2. The number of benzene rings is 7. The van der Waals surface area contributed by atoms with Gasteiger partial charge >= 0.3 is 0 Å². The van der Waals surface area contributed by atoms with Gasteiger partial charge in [-0.1, -0.05) is 127 Å². The standard InChI is InChI=1S/C43H26O2/c1-3-12-28(13-4-1)43(29-14-5-2-6-15-29)37-20-9-7-16-31(37)34-25-36-35-24-27(22-23-40(35)44-41(36)26-38(34)43)30-18-11-19-33-32-17-8-10-21-39(32)45-42(30)33/h1-26H. The molecular formula is C43H26O2. The minimum Gasteiger partial charge on any atom is -0.456 e. The Labute approximate surface area is 259 Å². The molecule has 0 fully saturated rings. The zero-order chi connectivity index (χ0) is 29.5. The van der Waals surface area contributed by atoms with Gasteiger partial charge in [-0.2, -0.15) is 0 Å². The maximum Gasteiger partial charge on any atom is 0.143 e. The summed E-state index contributed by atoms with van der Waals surface area (Å²) in [5.74, 6) is 0. The molecule has 2 heterocycles. The van der Waals surface area contributed by atoms with Crippen molar-refractivity contribution in [3.05, 3.63) is 180 Å². The van der Waals surface area contributed by atoms with Crippen LogP contribution in [0.1, 0.15) is 22.3 Å². The van der Waals surface area contributed by atoms with Gasteiger partial charge in [0.1, 0.15) is 22.3 Å². The van der Waals surface area contributed by atoms with E-state index in [2.05, 4.69) is 146 Å². The van der Waals surface area contributed by atoms with Crippen LogP contribution in [0.3, 0.4) is 0 Å². The molecule has 45 heavy (non-hydrogen) atoms. The lowest BCUT2D eigenvalue weighted by Crippen LogP contribution is -2.28. The van der Waals surface area contributed by atoms with E-state index in [0.717, 1.165) is 55.0 Å². The van der Waals surface area contributed by atoms with Crippen LogP contribution in [0, 0.1) is 0 Å². The summed E-state index contributed by atoms with van der Waals surface area (Å²) in [5.41, 5.74) is 12.9. The lowest BCUT2D eigenvalue weighted by molar-refractivity contribution is 0.666. The molecule has 0 aliphatic heterocycles. The van der Waals surface area contributed by atoms with E-state index in [1.807, 2.05) is 12.1 Å². The van der Waals surface area contributed by atoms with Gasteiger partial charge in [-0.05, 0) is 69.3 Å². The Hall–Kier alpha value is -5.86. The lowest BCUT2D eigenvalue weighted by atomic mass is 9.67. The number of rotatable bonds is 3. The second kappa shape index (κ2) is 9.07. The monoisotopic (exact) mass is 574 g/mol. The van der Waals surface area contributed by atoms with Crippen LogP contribution in [0.15, 0.2) is 167 Å². The number of hydrogen-bond donors (Lipinski definition) is 0. The minimum atomic E-state index is -0.455. The van der Waals surface area contributed by atoms with Crippen molar-refractivity contribution >= 4 is 43.9 Å². The molecule has 10 rings (SSSR count). The van der Waals surface area contributed by atoms with E-state index >= 15 is 0 Å². The van der Waals surface area contributed by atoms with E-state index in [9.17, 15) is 0 Å². The fourth-order valence-corrected chi connectivity index (χ4v) is 7.85. The second-order valence-corrected chi connectivity index (χ2v) is 12.0. The van der Waals surface area contributed by atoms with E-state index < -0.39 is 5.41 Å². The quantitative estimate of drug-likeness (QED) is 0.210. The zero-order valence-corrected chi connectivity index (χ0v) is 24.3. The van der Waals surface area contributed by atoms with Crippen LogP contribution in [-0.2, 0) is 5.41 Å². The van der Waals surface area contributed by atoms with Gasteiger partial charge in [0.25, 0.3) is 0 Å². The van der Waals surface area contributed by atoms with E-state index in [1.54, 1.807) is 0 Å². The molecule has 7 aromatic carbocycles. The molecule has 0 amide bonds. The first-order valence-electron chi connectivity index (χ1n) is 15.4. The van der Waals surface area contributed by atoms with Crippen molar-refractivity contribution in [1.82, 2.24) is 0 Å². The predicted octanol–water partition coefficient (Wildman–Crippen LogP) is 11.5. The van der Waals surface area contributed by atoms with Crippen molar-refractivity contribution < 1.29 is 8.83 Å². The maximum absolute atomic E-state index is 6.64. The highest BCUT2D eigenvalue weighted by Gasteiger charge is 2.46. The number of furan rings is 2. The Kier molecular flexibility index (Phi) is 4.95. The minimum absolute atomic E-state index is 0.455. The molecule has 0 N–H and O–H groups in total. The van der Waals surface area contributed by atoms with Crippen LogP contribution in [0.2, 0.25) is 0 Å². The average molecular weight is 575 g/mol. The highest BCUT2D eigenvalue weighted by Crippen LogP contribution is 2.57. The lowest BCUT2D eigenvalue weighted by Gasteiger charge is -2.33. The van der Waals surface area contributed by atoms with Gasteiger partial charge < -0.3 is 8.83 Å². The van der Waals surface area contributed by atoms with Gasteiger partial charge in [-0.3, -0.25) is 0 Å². The molecule has 1 aliphatic rings. The summed E-state index contributed by atoms with van der Waals surface area (Å²) in [6, 6.07) is 56.5. The summed E-state index contributed by atoms with van der Waals surface area (Å²) in [6.07, 6.45) is 0. The number of fused-ring (bicyclic) bond motifs is 9. The molecule has 2 aromatic heterocycles. The Balaban J connectivity index is 1.25. The van der Waals surface area contributed by atoms with E-state index in [0.29, 0.717) is 0 Å². The fourth-order valence-electron chi connectivity index (χ4n) is 7.85. The zero-order valence-electron chi connectivity index (χ0n) is 24.3. The normalized spacial score (nSPS) is 13.5. The molecule has 0 atom stereocenters. The third-order valence-electron chi connectivity index (χ3n) is 9.76. The largest absolute Gasteiger partial charge is 0.456 e. The molecule has 0 saturated carbocycles. The average Bonchev–Trinajstić information content (AvgIpc) is 3.76. The van der Waals surface area contributed by atoms with Crippen molar-refractivity contribution in [2.24, 2.45) is 0 Å². The fraction of sp³-hybridized carbons (Fsp3) is 0.0233. The van der Waals surface area contributed by atoms with E-state index in [-0.39, 0.29) is 0 Å². The Morgan fingerprint density at radius 3 is 1.82 bits per heavy atom. The van der Waals surface area contributed by atoms with Crippen LogP contribution < -0.4 is 0 Å². The van der Waals surface area contributed by atoms with Crippen molar-refractivity contribution in [2.75, 3.05) is 0 Å². The van der Waals surface area contributed by atoms with Gasteiger partial charge in [0, 0.05) is 27.1 Å². The van der Waals surface area contributed by atoms with E-state index in [4.69, 9.17) is 8.83 Å². The Bertz CT molecular complexity index is 2550. The number of para-hydroxylation sites is 2. The summed E-state index contributed by atoms with van der Waals surface area (Å²) < 4.78 is 13.0. The molecule has 2 heteroatoms. The Morgan fingerprint density at radius 1 is 0.356 bits per heavy atom. The molecule has 2 nitrogen and oxygen atoms in total. The maximum atomic E-state index is 6.64. The third-order valence-corrected chi connectivity index (χ3v) is 9.76. The van der Waals surface area contributed by atoms with Gasteiger partial charge in [0.2, 0.25) is 0 Å². The van der Waals surface area contributed by atoms with Gasteiger partial charge in [0.15, 0.2) is 0 Å². The summed E-state index contributed by atoms with van der Waals surface area (Å²) >= 11 is 0. The highest BCUT2D eigenvalue weighted by atomic mass is 16.3. The second-order valence-electron chi connectivity index (χ2n) is 12.0. The smallest absolute Gasteiger partial charge is 0.143 e. The molecule has 210 valence electrons. The molecular weight excluding hydrogens is 548 g/mol. The van der Waals surface area contributed by atoms with Crippen molar-refractivity contribution in [1.29, 1.82) is 0 Å². The summed E-state index contributed by atoms with van der Waals surface area (Å²) in [7, 11) is 0. The predicted molar refractivity (Wildman–Crippen MR) is 184 cm³/mol. The van der Waals surface area contributed by atoms with Crippen molar-refractivity contribution in [3.8, 4) is 22.3 Å². The van der Waals surface area contributed by atoms with Crippen molar-refractivity contribution in [3.63, 3.8) is 0 Å². The highest BCUT2D eigenvalue weighted by molar-refractivity contribution is 6.12. The molecule has 1 aliphatic carbocycles. The third kappa shape index (κ3) is 3.29. The van der Waals surface area contributed by atoms with Crippen LogP contribution in [0.5, 0.6) is 0 Å². The molecule has 0 unspecified atom stereocenters. The van der Waals surface area contributed by atoms with Gasteiger partial charge in [0.05, 0.1) is 5.41 Å². The van der Waals surface area contributed by atoms with Crippen molar-refractivity contribution in [2.45, 2.75) is 5.41 Å². The molecule has 0 spiro atoms. The Morgan fingerprint density at radius 2 is 1.00 bits per heavy atom. The summed E-state index contributed by atoms with van der Waals surface area (Å²) in [5, 5.41) is 4.49. The molecule has 0 bridgehead atoms. The molecule has 9 aromatic rings. The van der Waals surface area contributed by atoms with Crippen LogP contribution in [-0.4, -0.2) is 0 Å². The van der Waals surface area contributed by atoms with Gasteiger partial charge in [-0.15, -0.1) is 0 Å². The van der Waals surface area contributed by atoms with Crippen LogP contribution >= 0.6 is 0 Å². The summed E-state index contributed by atoms with van der Waals surface area (Å²) in [4.78, 5) is 0. The topological polar surface area (TPSA) is 26.3 Å². The van der Waals surface area contributed by atoms with Gasteiger partial charge in [-0.25, -0.2) is 0 Å². The molecule has 0 saturated heterocycles. The van der Waals surface area contributed by atoms with Crippen LogP contribution in [0.4, 0.5) is 0 Å². The van der Waals surface area contributed by atoms with E-state index in [1.165, 1.54) is 33.4 Å². The molecule has 0 radical (unpaired) electrons. The first-order chi connectivity index (χ1) is 22.3. The van der Waals surface area contributed by atoms with Crippen LogP contribution in [0.25, 0.3) is 66.1 Å². The SMILES string of the molecule is c1ccc(C2(c3ccccc3)c3ccccc3-c3cc4c(cc32)oc2ccc(-c3cccc5c3oc3ccccc35)cc24)cc1.